The Kier molecular flexibility index (Phi) is 26.1. The molecule has 0 fully saturated rings. The number of halogens is 2. The summed E-state index contributed by atoms with van der Waals surface area (Å²) >= 11 is 3.22. The molecule has 0 atom stereocenters. The van der Waals surface area contributed by atoms with Crippen molar-refractivity contribution in [2.45, 2.75) is 85.0 Å². The predicted molar refractivity (Wildman–Crippen MR) is 330 cm³/mol. The molecule has 10 heteroatoms. The van der Waals surface area contributed by atoms with E-state index in [0.29, 0.717) is 0 Å². The summed E-state index contributed by atoms with van der Waals surface area (Å²) in [5, 5.41) is 0. The van der Waals surface area contributed by atoms with Gasteiger partial charge in [-0.3, -0.25) is 19.9 Å². The Morgan fingerprint density at radius 3 is 0.926 bits per heavy atom. The van der Waals surface area contributed by atoms with Gasteiger partial charge in [0.2, 0.25) is 0 Å². The van der Waals surface area contributed by atoms with E-state index in [1.807, 2.05) is 97.6 Å². The van der Waals surface area contributed by atoms with Gasteiger partial charge in [-0.25, -0.2) is 0 Å². The van der Waals surface area contributed by atoms with E-state index in [2.05, 4.69) is 171 Å². The molecule has 0 aliphatic carbocycles. The van der Waals surface area contributed by atoms with Crippen LogP contribution < -0.4 is 9.47 Å². The number of methoxy groups -OCH3 is 1. The molecule has 0 radical (unpaired) electrons. The molecule has 10 aromatic rings. The number of nitrogens with zero attached hydrogens (tertiary/aromatic N) is 4. The second kappa shape index (κ2) is 34.0. The fourth-order valence-electron chi connectivity index (χ4n) is 9.23. The van der Waals surface area contributed by atoms with Crippen LogP contribution in [0.15, 0.2) is 207 Å². The van der Waals surface area contributed by atoms with E-state index in [-0.39, 0.29) is 0 Å². The molecule has 0 unspecified atom stereocenters. The Bertz CT molecular complexity index is 3380. The number of ether oxygens (including phenoxy) is 2. The van der Waals surface area contributed by atoms with Gasteiger partial charge in [0, 0.05) is 47.6 Å². The topological polar surface area (TPSA) is 70.0 Å². The van der Waals surface area contributed by atoms with Crippen molar-refractivity contribution in [3.63, 3.8) is 0 Å². The second-order valence-corrected chi connectivity index (χ2v) is 19.7. The molecule has 0 saturated carbocycles. The van der Waals surface area contributed by atoms with Crippen molar-refractivity contribution in [3.8, 4) is 101 Å². The zero-order valence-electron chi connectivity index (χ0n) is 46.4. The first kappa shape index (κ1) is 62.1. The first-order valence-corrected chi connectivity index (χ1v) is 33.2. The zero-order chi connectivity index (χ0) is 57.0. The minimum absolute atomic E-state index is 0.786. The van der Waals surface area contributed by atoms with Crippen molar-refractivity contribution < 1.29 is 47.0 Å². The fraction of sp³-hybridized carbons (Fsp3) is 0.211. The van der Waals surface area contributed by atoms with Gasteiger partial charge >= 0.3 is 56.4 Å². The monoisotopic (exact) mass is 1470 g/mol. The SMILES string of the molecule is CCCCCCCCCCCCOc1ccc(-c2ccc(-c3[c-]c(-c4ccc(-c5ccc(C)cc5)cn4)ccc3)nc2)cc1.COc1ccc(-c2ccc(-c3[c-]c(-c4ccc(-c5ccc(C)cc5)cn4)ccc3)nc2)cc1.[Cl][Pt+].[Cl][Pt+]. The number of hydrogen-bond donors (Lipinski definition) is 0. The zero-order valence-corrected chi connectivity index (χ0v) is 52.5. The molecule has 10 rings (SSSR count). The molecule has 81 heavy (non-hydrogen) atoms. The third-order valence-electron chi connectivity index (χ3n) is 13.9. The van der Waals surface area contributed by atoms with Crippen molar-refractivity contribution in [1.82, 2.24) is 19.9 Å². The number of aromatic nitrogens is 4. The van der Waals surface area contributed by atoms with Crippen LogP contribution in [0.1, 0.15) is 82.3 Å². The van der Waals surface area contributed by atoms with Crippen molar-refractivity contribution in [1.29, 1.82) is 0 Å². The van der Waals surface area contributed by atoms with Gasteiger partial charge in [0.15, 0.2) is 0 Å². The van der Waals surface area contributed by atoms with E-state index in [4.69, 9.17) is 19.4 Å². The van der Waals surface area contributed by atoms with E-state index in [9.17, 15) is 0 Å². The maximum atomic E-state index is 6.00. The van der Waals surface area contributed by atoms with Crippen LogP contribution in [0, 0.1) is 26.0 Å². The van der Waals surface area contributed by atoms with Crippen LogP contribution in [0.2, 0.25) is 0 Å². The van der Waals surface area contributed by atoms with Gasteiger partial charge in [0.25, 0.3) is 0 Å². The first-order chi connectivity index (χ1) is 39.9. The van der Waals surface area contributed by atoms with E-state index in [0.717, 1.165) is 103 Å². The van der Waals surface area contributed by atoms with E-state index in [1.54, 1.807) is 44.7 Å². The van der Waals surface area contributed by atoms with Crippen molar-refractivity contribution in [2.24, 2.45) is 0 Å². The Morgan fingerprint density at radius 1 is 0.346 bits per heavy atom. The number of benzene rings is 6. The number of unbranched alkanes of at least 4 members (excludes halogenated alkanes) is 9. The Hall–Kier alpha value is -6.52. The quantitative estimate of drug-likeness (QED) is 0.0527. The molecule has 0 bridgehead atoms. The molecule has 0 spiro atoms. The molecule has 4 aromatic heterocycles. The summed E-state index contributed by atoms with van der Waals surface area (Å²) in [6, 6.07) is 69.2. The van der Waals surface area contributed by atoms with Gasteiger partial charge in [-0.05, 0) is 89.0 Å². The van der Waals surface area contributed by atoms with Gasteiger partial charge in [-0.2, -0.15) is 0 Å². The molecule has 4 heterocycles. The van der Waals surface area contributed by atoms with E-state index >= 15 is 0 Å². The number of pyridine rings is 4. The molecular weight excluding hydrogens is 1400 g/mol. The van der Waals surface area contributed by atoms with Crippen LogP contribution in [-0.4, -0.2) is 33.7 Å². The minimum atomic E-state index is 0.786. The third-order valence-corrected chi connectivity index (χ3v) is 13.9. The van der Waals surface area contributed by atoms with Gasteiger partial charge in [-0.15, -0.1) is 48.5 Å². The average Bonchev–Trinajstić information content (AvgIpc) is 3.55. The molecule has 0 aliphatic rings. The summed E-state index contributed by atoms with van der Waals surface area (Å²) in [5.41, 5.74) is 18.8. The average molecular weight is 1470 g/mol. The Balaban J connectivity index is 0.000000228. The Morgan fingerprint density at radius 2 is 0.630 bits per heavy atom. The summed E-state index contributed by atoms with van der Waals surface area (Å²) in [6.07, 6.45) is 21.0. The molecule has 6 nitrogen and oxygen atoms in total. The standard InChI is InChI=1S/C41H45N2O.C30H23N2O.2ClH.2Pt/c1-3-4-5-6-7-8-9-10-11-12-28-44-39-24-20-34(21-25-39)38-23-27-41(43-31-38)36-15-13-14-35(29-36)40-26-22-37(30-42-40)33-18-16-32(2)17-19-33;1-21-6-8-22(9-7-21)26-12-16-29(31-19-26)24-4-3-5-25(18-24)30-17-13-27(20-32-30)23-10-14-28(33-2)15-11-23;;;;/h13-27,30-31H,3-12,28H2,1-2H3;3-17,19-20H,1-2H3;2*1H;;/q2*-1;;;2*+2/p-2. The maximum absolute atomic E-state index is 6.00. The number of aryl methyl sites for hydroxylation is 2. The van der Waals surface area contributed by atoms with Crippen LogP contribution in [0.4, 0.5) is 0 Å². The van der Waals surface area contributed by atoms with E-state index < -0.39 is 0 Å². The fourth-order valence-corrected chi connectivity index (χ4v) is 9.23. The number of rotatable bonds is 21. The van der Waals surface area contributed by atoms with Crippen molar-refractivity contribution >= 4 is 18.8 Å². The molecule has 0 amide bonds. The Labute approximate surface area is 511 Å². The second-order valence-electron chi connectivity index (χ2n) is 19.7. The van der Waals surface area contributed by atoms with Gasteiger partial charge in [-0.1, -0.05) is 219 Å². The van der Waals surface area contributed by atoms with Crippen molar-refractivity contribution in [2.75, 3.05) is 13.7 Å². The van der Waals surface area contributed by atoms with Gasteiger partial charge in [0.05, 0.1) is 13.7 Å². The van der Waals surface area contributed by atoms with E-state index in [1.165, 1.54) is 80.0 Å². The van der Waals surface area contributed by atoms with Crippen LogP contribution in [-0.2, 0) is 37.5 Å². The molecular formula is C71H68Cl2N4O2Pt2. The summed E-state index contributed by atoms with van der Waals surface area (Å²) in [6.45, 7) is 7.26. The van der Waals surface area contributed by atoms with Gasteiger partial charge < -0.3 is 9.47 Å². The summed E-state index contributed by atoms with van der Waals surface area (Å²) < 4.78 is 11.2. The first-order valence-electron chi connectivity index (χ1n) is 27.5. The molecule has 6 aromatic carbocycles. The molecule has 418 valence electrons. The van der Waals surface area contributed by atoms with Crippen molar-refractivity contribution in [3.05, 3.63) is 230 Å². The van der Waals surface area contributed by atoms with Crippen LogP contribution >= 0.6 is 18.8 Å². The molecule has 0 aliphatic heterocycles. The summed E-state index contributed by atoms with van der Waals surface area (Å²) in [7, 11) is 10.9. The molecule has 0 saturated heterocycles. The van der Waals surface area contributed by atoms with Crippen LogP contribution in [0.3, 0.4) is 0 Å². The normalized spacial score (nSPS) is 10.5. The number of hydrogen-bond acceptors (Lipinski definition) is 6. The molecule has 0 N–H and O–H groups in total. The summed E-state index contributed by atoms with van der Waals surface area (Å²) in [5.74, 6) is 1.77. The van der Waals surface area contributed by atoms with Crippen LogP contribution in [0.25, 0.3) is 89.5 Å². The summed E-state index contributed by atoms with van der Waals surface area (Å²) in [4.78, 5) is 18.9. The predicted octanol–water partition coefficient (Wildman–Crippen LogP) is 20.2. The third kappa shape index (κ3) is 19.0. The van der Waals surface area contributed by atoms with Crippen LogP contribution in [0.5, 0.6) is 11.5 Å². The van der Waals surface area contributed by atoms with Gasteiger partial charge in [0.1, 0.15) is 11.5 Å².